The minimum Gasteiger partial charge on any atom is -0.490 e. The fourth-order valence-electron chi connectivity index (χ4n) is 4.07. The van der Waals surface area contributed by atoms with Gasteiger partial charge in [0.15, 0.2) is 0 Å². The molecule has 0 saturated heterocycles. The maximum Gasteiger partial charge on any atom is 0.320 e. The van der Waals surface area contributed by atoms with Gasteiger partial charge in [0.05, 0.1) is 16.5 Å². The number of aliphatic carboxylic acids is 1. The number of ether oxygens (including phenoxy) is 1. The second kappa shape index (κ2) is 9.11. The number of hydrogen-bond acceptors (Lipinski definition) is 6. The summed E-state index contributed by atoms with van der Waals surface area (Å²) in [6.07, 6.45) is 3.64. The second-order valence-corrected chi connectivity index (χ2v) is 9.24. The second-order valence-electron chi connectivity index (χ2n) is 8.21. The molecule has 2 atom stereocenters. The molecule has 0 saturated carbocycles. The fourth-order valence-corrected chi connectivity index (χ4v) is 5.04. The Morgan fingerprint density at radius 3 is 2.84 bits per heavy atom. The van der Waals surface area contributed by atoms with Gasteiger partial charge in [-0.3, -0.25) is 10.1 Å². The minimum absolute atomic E-state index is 0.00334. The molecule has 1 aliphatic rings. The van der Waals surface area contributed by atoms with E-state index in [-0.39, 0.29) is 12.1 Å². The molecule has 1 aliphatic carbocycles. The summed E-state index contributed by atoms with van der Waals surface area (Å²) >= 11 is 1.59. The lowest BCUT2D eigenvalue weighted by atomic mass is 10.0. The van der Waals surface area contributed by atoms with Crippen molar-refractivity contribution in [3.63, 3.8) is 0 Å². The quantitative estimate of drug-likeness (QED) is 0.518. The molecule has 164 valence electrons. The maximum atomic E-state index is 11.2. The van der Waals surface area contributed by atoms with E-state index in [1.807, 2.05) is 44.3 Å². The van der Waals surface area contributed by atoms with Gasteiger partial charge >= 0.3 is 5.97 Å². The normalized spacial score (nSPS) is 15.9. The lowest BCUT2D eigenvalue weighted by molar-refractivity contribution is -0.139. The van der Waals surface area contributed by atoms with Crippen molar-refractivity contribution < 1.29 is 14.6 Å². The number of rotatable bonds is 7. The van der Waals surface area contributed by atoms with Crippen LogP contribution in [-0.2, 0) is 11.2 Å². The number of carbonyl (C=O) groups is 1. The Labute approximate surface area is 191 Å². The first-order valence-corrected chi connectivity index (χ1v) is 11.5. The predicted octanol–water partition coefficient (Wildman–Crippen LogP) is 5.19. The van der Waals surface area contributed by atoms with E-state index in [0.717, 1.165) is 39.4 Å². The summed E-state index contributed by atoms with van der Waals surface area (Å²) < 4.78 is 5.72. The molecule has 3 aromatic rings. The average Bonchev–Trinajstić information content (AvgIpc) is 3.41. The van der Waals surface area contributed by atoms with E-state index in [4.69, 9.17) is 4.74 Å². The molecule has 7 heteroatoms. The predicted molar refractivity (Wildman–Crippen MR) is 125 cm³/mol. The van der Waals surface area contributed by atoms with Gasteiger partial charge in [0.1, 0.15) is 22.9 Å². The molecule has 32 heavy (non-hydrogen) atoms. The number of nitrogens with zero attached hydrogens (tertiary/aromatic N) is 2. The highest BCUT2D eigenvalue weighted by Gasteiger charge is 2.28. The summed E-state index contributed by atoms with van der Waals surface area (Å²) in [5.74, 6) is -0.263. The number of nitrogens with one attached hydrogen (secondary N) is 1. The van der Waals surface area contributed by atoms with Gasteiger partial charge < -0.3 is 9.84 Å². The van der Waals surface area contributed by atoms with Gasteiger partial charge in [-0.1, -0.05) is 18.2 Å². The Morgan fingerprint density at radius 2 is 2.12 bits per heavy atom. The first-order chi connectivity index (χ1) is 15.4. The molecule has 0 fully saturated rings. The van der Waals surface area contributed by atoms with Crippen LogP contribution in [-0.4, -0.2) is 28.2 Å². The van der Waals surface area contributed by atoms with Gasteiger partial charge in [-0.15, -0.1) is 11.3 Å². The molecule has 1 heterocycles. The number of nitriles is 1. The third kappa shape index (κ3) is 4.38. The standard InChI is InChI=1S/C25H25N3O3S/c1-14(2)31-22-10-7-16(11-17(22)12-26)24-27-13-23(32-24)20-6-4-5-19-18(20)8-9-21(19)28-15(3)25(29)30/h4-7,10-11,13-15,21,28H,8-9H2,1-3H3,(H,29,30)/t15-,21?/m1/s1. The maximum absolute atomic E-state index is 11.2. The summed E-state index contributed by atoms with van der Waals surface area (Å²) in [6.45, 7) is 5.54. The number of carboxylic acids is 1. The smallest absolute Gasteiger partial charge is 0.320 e. The van der Waals surface area contributed by atoms with E-state index >= 15 is 0 Å². The lowest BCUT2D eigenvalue weighted by Gasteiger charge is -2.17. The van der Waals surface area contributed by atoms with Gasteiger partial charge in [-0.25, -0.2) is 4.98 Å². The van der Waals surface area contributed by atoms with Gasteiger partial charge in [0, 0.05) is 17.8 Å². The molecular weight excluding hydrogens is 422 g/mol. The molecular formula is C25H25N3O3S. The van der Waals surface area contributed by atoms with E-state index in [1.54, 1.807) is 18.3 Å². The van der Waals surface area contributed by atoms with Gasteiger partial charge in [0.2, 0.25) is 0 Å². The Bertz CT molecular complexity index is 1200. The Kier molecular flexibility index (Phi) is 6.26. The molecule has 2 aromatic carbocycles. The Hall–Kier alpha value is -3.21. The molecule has 0 amide bonds. The zero-order valence-electron chi connectivity index (χ0n) is 18.3. The van der Waals surface area contributed by atoms with Crippen LogP contribution in [0.2, 0.25) is 0 Å². The third-order valence-electron chi connectivity index (χ3n) is 5.57. The van der Waals surface area contributed by atoms with Gasteiger partial charge in [-0.2, -0.15) is 5.26 Å². The SMILES string of the molecule is CC(C)Oc1ccc(-c2ncc(-c3cccc4c3CCC4N[C@H](C)C(=O)O)s2)cc1C#N. The van der Waals surface area contributed by atoms with Crippen LogP contribution in [0.1, 0.15) is 49.9 Å². The van der Waals surface area contributed by atoms with Crippen LogP contribution in [0.5, 0.6) is 5.75 Å². The summed E-state index contributed by atoms with van der Waals surface area (Å²) in [6, 6.07) is 13.4. The van der Waals surface area contributed by atoms with Crippen molar-refractivity contribution in [3.05, 3.63) is 59.3 Å². The highest BCUT2D eigenvalue weighted by Crippen LogP contribution is 2.41. The van der Waals surface area contributed by atoms with Crippen molar-refractivity contribution in [1.29, 1.82) is 5.26 Å². The fraction of sp³-hybridized carbons (Fsp3) is 0.320. The van der Waals surface area contributed by atoms with Crippen molar-refractivity contribution in [2.75, 3.05) is 0 Å². The van der Waals surface area contributed by atoms with E-state index in [0.29, 0.717) is 11.3 Å². The molecule has 0 bridgehead atoms. The first kappa shape index (κ1) is 22.0. The molecule has 1 unspecified atom stereocenters. The first-order valence-electron chi connectivity index (χ1n) is 10.7. The van der Waals surface area contributed by atoms with Crippen LogP contribution >= 0.6 is 11.3 Å². The van der Waals surface area contributed by atoms with Crippen LogP contribution in [0.25, 0.3) is 21.0 Å². The zero-order valence-corrected chi connectivity index (χ0v) is 19.1. The third-order valence-corrected chi connectivity index (χ3v) is 6.65. The van der Waals surface area contributed by atoms with Crippen LogP contribution in [0.15, 0.2) is 42.6 Å². The van der Waals surface area contributed by atoms with Crippen LogP contribution in [0.4, 0.5) is 0 Å². The van der Waals surface area contributed by atoms with E-state index < -0.39 is 12.0 Å². The van der Waals surface area contributed by atoms with Crippen molar-refractivity contribution in [1.82, 2.24) is 10.3 Å². The van der Waals surface area contributed by atoms with Crippen LogP contribution < -0.4 is 10.1 Å². The largest absolute Gasteiger partial charge is 0.490 e. The van der Waals surface area contributed by atoms with Gasteiger partial charge in [0.25, 0.3) is 0 Å². The minimum atomic E-state index is -0.844. The highest BCUT2D eigenvalue weighted by atomic mass is 32.1. The number of carboxylic acid groups (broad SMARTS) is 1. The molecule has 2 N–H and O–H groups in total. The van der Waals surface area contributed by atoms with E-state index in [2.05, 4.69) is 28.5 Å². The van der Waals surface area contributed by atoms with Crippen molar-refractivity contribution >= 4 is 17.3 Å². The molecule has 0 aliphatic heterocycles. The van der Waals surface area contributed by atoms with Crippen molar-refractivity contribution in [2.45, 2.75) is 51.8 Å². The topological polar surface area (TPSA) is 95.2 Å². The summed E-state index contributed by atoms with van der Waals surface area (Å²) in [5.41, 5.74) is 4.92. The number of aromatic nitrogens is 1. The molecule has 4 rings (SSSR count). The summed E-state index contributed by atoms with van der Waals surface area (Å²) in [4.78, 5) is 16.9. The molecule has 6 nitrogen and oxygen atoms in total. The van der Waals surface area contributed by atoms with Crippen molar-refractivity contribution in [2.24, 2.45) is 0 Å². The van der Waals surface area contributed by atoms with Crippen LogP contribution in [0, 0.1) is 11.3 Å². The number of hydrogen-bond donors (Lipinski definition) is 2. The number of fused-ring (bicyclic) bond motifs is 1. The van der Waals surface area contributed by atoms with Gasteiger partial charge in [-0.05, 0) is 68.5 Å². The van der Waals surface area contributed by atoms with Crippen LogP contribution in [0.3, 0.4) is 0 Å². The molecule has 0 spiro atoms. The average molecular weight is 448 g/mol. The number of benzene rings is 2. The summed E-state index contributed by atoms with van der Waals surface area (Å²) in [7, 11) is 0. The summed E-state index contributed by atoms with van der Waals surface area (Å²) in [5, 5.41) is 22.8. The Morgan fingerprint density at radius 1 is 1.31 bits per heavy atom. The zero-order chi connectivity index (χ0) is 22.8. The monoisotopic (exact) mass is 447 g/mol. The number of thiazole rings is 1. The highest BCUT2D eigenvalue weighted by molar-refractivity contribution is 7.18. The molecule has 1 aromatic heterocycles. The Balaban J connectivity index is 1.62. The lowest BCUT2D eigenvalue weighted by Crippen LogP contribution is -2.35. The van der Waals surface area contributed by atoms with Crippen molar-refractivity contribution in [3.8, 4) is 32.8 Å². The van der Waals surface area contributed by atoms with E-state index in [9.17, 15) is 15.2 Å². The van der Waals surface area contributed by atoms with E-state index in [1.165, 1.54) is 5.56 Å². The molecule has 0 radical (unpaired) electrons.